The molecule has 0 amide bonds. The number of hydrogen-bond donors (Lipinski definition) is 6. The van der Waals surface area contributed by atoms with Crippen LogP contribution in [0.15, 0.2) is 135 Å². The molecule has 14 nitrogen and oxygen atoms in total. The fourth-order valence-electron chi connectivity index (χ4n) is 7.73. The number of anilines is 1. The molecule has 0 radical (unpaired) electrons. The standard InChI is InChI=1S/C31H28FN7.C16H11N7.C2H6/c1-18-8-20(10-22(32)9-18)24-6-5-7-27-25(24)12-29(36-27)31-26-13-28(34-16-30(26)37-38-31)21-11-23(15-33-14-21)35-19(2)17-39(3)4;1-2-11-13(17-3-1)5-14(21-11)16-10-4-12(9-6-19-20-7-9)18-8-15(10)22-23-16;1-2/h5-16,35-36H,2,17H2,1,3-4H3,(H,37,38);1-8,21H,(H,19,20)(H,22,23);1-2H3. The van der Waals surface area contributed by atoms with E-state index in [1.165, 1.54) is 6.07 Å². The second kappa shape index (κ2) is 17.6. The zero-order valence-electron chi connectivity index (χ0n) is 35.9. The predicted molar refractivity (Wildman–Crippen MR) is 254 cm³/mol. The lowest BCUT2D eigenvalue weighted by Crippen LogP contribution is -2.18. The summed E-state index contributed by atoms with van der Waals surface area (Å²) in [5, 5.41) is 28.2. The molecule has 0 fully saturated rings. The number of benzene rings is 2. The molecule has 318 valence electrons. The molecule has 0 aliphatic carbocycles. The Balaban J connectivity index is 0.000000175. The van der Waals surface area contributed by atoms with Crippen molar-refractivity contribution in [2.75, 3.05) is 26.0 Å². The first-order valence-electron chi connectivity index (χ1n) is 20.8. The Morgan fingerprint density at radius 2 is 1.39 bits per heavy atom. The molecule has 6 N–H and O–H groups in total. The van der Waals surface area contributed by atoms with E-state index in [-0.39, 0.29) is 5.82 Å². The molecule has 0 saturated carbocycles. The largest absolute Gasteiger partial charge is 0.357 e. The van der Waals surface area contributed by atoms with Crippen LogP contribution in [0.5, 0.6) is 0 Å². The molecule has 0 unspecified atom stereocenters. The van der Waals surface area contributed by atoms with Crippen molar-refractivity contribution in [3.05, 3.63) is 146 Å². The van der Waals surface area contributed by atoms with Crippen molar-refractivity contribution in [3.8, 4) is 56.4 Å². The van der Waals surface area contributed by atoms with E-state index in [0.29, 0.717) is 0 Å². The minimum Gasteiger partial charge on any atom is -0.357 e. The smallest absolute Gasteiger partial charge is 0.124 e. The van der Waals surface area contributed by atoms with Crippen molar-refractivity contribution in [3.63, 3.8) is 0 Å². The lowest BCUT2D eigenvalue weighted by Gasteiger charge is -2.14. The Labute approximate surface area is 367 Å². The Morgan fingerprint density at radius 1 is 0.688 bits per heavy atom. The van der Waals surface area contributed by atoms with E-state index in [0.717, 1.165) is 124 Å². The van der Waals surface area contributed by atoms with Crippen LogP contribution in [0, 0.1) is 12.7 Å². The molecule has 11 aromatic rings. The second-order valence-corrected chi connectivity index (χ2v) is 15.4. The minimum atomic E-state index is -0.244. The molecule has 0 aliphatic heterocycles. The molecule has 9 aromatic heterocycles. The number of aromatic nitrogens is 12. The van der Waals surface area contributed by atoms with E-state index in [1.807, 2.05) is 102 Å². The fourth-order valence-corrected chi connectivity index (χ4v) is 7.73. The first-order valence-corrected chi connectivity index (χ1v) is 20.8. The number of nitrogens with one attached hydrogen (secondary N) is 6. The maximum atomic E-state index is 14.2. The van der Waals surface area contributed by atoms with Crippen LogP contribution < -0.4 is 5.32 Å². The third-order valence-electron chi connectivity index (χ3n) is 10.5. The lowest BCUT2D eigenvalue weighted by molar-refractivity contribution is 0.447. The summed E-state index contributed by atoms with van der Waals surface area (Å²) < 4.78 is 14.2. The molecule has 0 saturated heterocycles. The van der Waals surface area contributed by atoms with Gasteiger partial charge in [-0.05, 0) is 98.4 Å². The van der Waals surface area contributed by atoms with Gasteiger partial charge in [0.1, 0.15) is 17.2 Å². The number of nitrogens with zero attached hydrogens (tertiary/aromatic N) is 8. The zero-order chi connectivity index (χ0) is 44.3. The summed E-state index contributed by atoms with van der Waals surface area (Å²) in [6.45, 7) is 10.7. The Morgan fingerprint density at radius 3 is 2.08 bits per heavy atom. The van der Waals surface area contributed by atoms with Gasteiger partial charge in [0.05, 0.1) is 75.3 Å². The highest BCUT2D eigenvalue weighted by molar-refractivity contribution is 6.02. The summed E-state index contributed by atoms with van der Waals surface area (Å²) in [4.78, 5) is 26.8. The van der Waals surface area contributed by atoms with E-state index < -0.39 is 0 Å². The van der Waals surface area contributed by atoms with Crippen molar-refractivity contribution in [2.24, 2.45) is 0 Å². The van der Waals surface area contributed by atoms with Gasteiger partial charge in [-0.2, -0.15) is 15.3 Å². The van der Waals surface area contributed by atoms with E-state index in [4.69, 9.17) is 0 Å². The van der Waals surface area contributed by atoms with Gasteiger partial charge < -0.3 is 20.2 Å². The van der Waals surface area contributed by atoms with Crippen LogP contribution in [-0.4, -0.2) is 86.0 Å². The van der Waals surface area contributed by atoms with Gasteiger partial charge in [0.2, 0.25) is 0 Å². The van der Waals surface area contributed by atoms with Gasteiger partial charge >= 0.3 is 0 Å². The summed E-state index contributed by atoms with van der Waals surface area (Å²) in [6, 6.07) is 25.1. The number of likely N-dealkylation sites (N-methyl/N-ethyl adjacent to an activating group) is 1. The van der Waals surface area contributed by atoms with Crippen LogP contribution in [0.1, 0.15) is 19.4 Å². The van der Waals surface area contributed by atoms with Gasteiger partial charge in [0, 0.05) is 63.6 Å². The normalized spacial score (nSPS) is 11.2. The molecule has 9 heterocycles. The molecule has 0 aliphatic rings. The monoisotopic (exact) mass is 848 g/mol. The summed E-state index contributed by atoms with van der Waals surface area (Å²) in [7, 11) is 4.00. The fraction of sp³-hybridized carbons (Fsp3) is 0.122. The number of halogens is 1. The Kier molecular flexibility index (Phi) is 11.3. The number of fused-ring (bicyclic) bond motifs is 4. The molecule has 0 spiro atoms. The quantitative estimate of drug-likeness (QED) is 0.0822. The summed E-state index contributed by atoms with van der Waals surface area (Å²) in [6.07, 6.45) is 12.5. The highest BCUT2D eigenvalue weighted by Crippen LogP contribution is 2.36. The maximum Gasteiger partial charge on any atom is 0.124 e. The predicted octanol–water partition coefficient (Wildman–Crippen LogP) is 10.7. The Hall–Kier alpha value is -8.30. The van der Waals surface area contributed by atoms with Crippen molar-refractivity contribution in [2.45, 2.75) is 20.8 Å². The van der Waals surface area contributed by atoms with Crippen molar-refractivity contribution in [1.82, 2.24) is 65.4 Å². The lowest BCUT2D eigenvalue weighted by atomic mass is 9.99. The van der Waals surface area contributed by atoms with Gasteiger partial charge in [-0.1, -0.05) is 38.6 Å². The number of rotatable bonds is 9. The van der Waals surface area contributed by atoms with Gasteiger partial charge in [-0.25, -0.2) is 4.39 Å². The van der Waals surface area contributed by atoms with Crippen LogP contribution in [0.4, 0.5) is 10.1 Å². The molecule has 11 rings (SSSR count). The highest BCUT2D eigenvalue weighted by Gasteiger charge is 2.17. The van der Waals surface area contributed by atoms with Crippen LogP contribution in [0.25, 0.3) is 100 Å². The van der Waals surface area contributed by atoms with Crippen molar-refractivity contribution >= 4 is 49.4 Å². The third-order valence-corrected chi connectivity index (χ3v) is 10.5. The Bertz CT molecular complexity index is 3350. The van der Waals surface area contributed by atoms with Gasteiger partial charge in [-0.15, -0.1) is 0 Å². The molecular weight excluding hydrogens is 804 g/mol. The number of hydrogen-bond acceptors (Lipinski definition) is 9. The molecule has 2 aromatic carbocycles. The van der Waals surface area contributed by atoms with E-state index in [9.17, 15) is 4.39 Å². The van der Waals surface area contributed by atoms with Crippen LogP contribution in [0.2, 0.25) is 0 Å². The van der Waals surface area contributed by atoms with Crippen molar-refractivity contribution < 1.29 is 4.39 Å². The van der Waals surface area contributed by atoms with Crippen LogP contribution >= 0.6 is 0 Å². The third kappa shape index (κ3) is 8.34. The van der Waals surface area contributed by atoms with Crippen LogP contribution in [0.3, 0.4) is 0 Å². The summed E-state index contributed by atoms with van der Waals surface area (Å²) >= 11 is 0. The average molecular weight is 849 g/mol. The number of aromatic amines is 5. The molecule has 15 heteroatoms. The molecule has 0 bridgehead atoms. The zero-order valence-corrected chi connectivity index (χ0v) is 35.9. The van der Waals surface area contributed by atoms with E-state index >= 15 is 0 Å². The minimum absolute atomic E-state index is 0.244. The molecular formula is C49H45FN14. The van der Waals surface area contributed by atoms with E-state index in [2.05, 4.69) is 83.4 Å². The first-order chi connectivity index (χ1) is 31.2. The number of aryl methyl sites for hydroxylation is 1. The first kappa shape index (κ1) is 41.1. The topological polar surface area (TPSA) is 184 Å². The maximum absolute atomic E-state index is 14.2. The van der Waals surface area contributed by atoms with E-state index in [1.54, 1.807) is 43.2 Å². The second-order valence-electron chi connectivity index (χ2n) is 15.4. The SMILES string of the molecule is C=C(CN(C)C)Nc1cncc(-c2cc3c(-c4cc5c(-c6cc(C)cc(F)c6)cccc5[nH]4)n[nH]c3cn2)c1.CC.c1cnc2cc(-c3n[nH]c4cnc(-c5cn[nH]c5)cc34)[nH]c2c1. The number of H-pyrrole nitrogens is 5. The summed E-state index contributed by atoms with van der Waals surface area (Å²) in [5.41, 5.74) is 15.9. The average Bonchev–Trinajstić information content (AvgIpc) is 4.15. The summed E-state index contributed by atoms with van der Waals surface area (Å²) in [5.74, 6) is -0.244. The van der Waals surface area contributed by atoms with Crippen molar-refractivity contribution in [1.29, 1.82) is 0 Å². The number of pyridine rings is 4. The van der Waals surface area contributed by atoms with Gasteiger partial charge in [0.25, 0.3) is 0 Å². The van der Waals surface area contributed by atoms with Gasteiger partial charge in [0.15, 0.2) is 0 Å². The van der Waals surface area contributed by atoms with Crippen LogP contribution in [-0.2, 0) is 0 Å². The van der Waals surface area contributed by atoms with Gasteiger partial charge in [-0.3, -0.25) is 35.2 Å². The molecule has 64 heavy (non-hydrogen) atoms. The molecule has 0 atom stereocenters. The highest BCUT2D eigenvalue weighted by atomic mass is 19.1.